The molecule has 10 aromatic carbocycles. The van der Waals surface area contributed by atoms with Gasteiger partial charge >= 0.3 is 0 Å². The van der Waals surface area contributed by atoms with Gasteiger partial charge in [-0.3, -0.25) is 0 Å². The standard InChI is InChI=1S/C59H41NO/c1-59(2)54-36-43(25-32-51(54)58-50-18-9-8-16-48(50)52(37-55(58)59)44-26-33-57-53(35-44)49-17-10-11-19-56(49)61-57)41-22-29-46(30-23-41)60(47-31-24-39-14-6-7-15-42(39)34-47)45-27-20-40(21-28-45)38-12-4-3-5-13-38/h3-37H,1-2H3. The number of furan rings is 1. The van der Waals surface area contributed by atoms with E-state index in [-0.39, 0.29) is 5.41 Å². The first-order valence-electron chi connectivity index (χ1n) is 21.2. The molecule has 0 spiro atoms. The molecule has 0 bridgehead atoms. The van der Waals surface area contributed by atoms with Crippen molar-refractivity contribution in [2.24, 2.45) is 0 Å². The smallest absolute Gasteiger partial charge is 0.135 e. The molecule has 0 aliphatic heterocycles. The number of rotatable bonds is 6. The molecule has 61 heavy (non-hydrogen) atoms. The molecule has 288 valence electrons. The van der Waals surface area contributed by atoms with E-state index in [1.54, 1.807) is 0 Å². The van der Waals surface area contributed by atoms with Crippen LogP contribution in [-0.2, 0) is 5.41 Å². The Morgan fingerprint density at radius 1 is 0.344 bits per heavy atom. The highest BCUT2D eigenvalue weighted by molar-refractivity contribution is 6.11. The largest absolute Gasteiger partial charge is 0.456 e. The van der Waals surface area contributed by atoms with Crippen LogP contribution in [0.2, 0.25) is 0 Å². The van der Waals surface area contributed by atoms with Crippen LogP contribution in [0.5, 0.6) is 0 Å². The van der Waals surface area contributed by atoms with Crippen molar-refractivity contribution >= 4 is 60.5 Å². The molecule has 1 aliphatic carbocycles. The number of benzene rings is 10. The Morgan fingerprint density at radius 2 is 0.918 bits per heavy atom. The van der Waals surface area contributed by atoms with Crippen LogP contribution in [0.4, 0.5) is 17.1 Å². The van der Waals surface area contributed by atoms with Crippen LogP contribution in [0.15, 0.2) is 217 Å². The van der Waals surface area contributed by atoms with E-state index in [2.05, 4.69) is 225 Å². The van der Waals surface area contributed by atoms with Gasteiger partial charge in [-0.1, -0.05) is 159 Å². The first-order valence-corrected chi connectivity index (χ1v) is 21.2. The molecule has 0 N–H and O–H groups in total. The number of nitrogens with zero attached hydrogens (tertiary/aromatic N) is 1. The van der Waals surface area contributed by atoms with Crippen LogP contribution in [0.3, 0.4) is 0 Å². The molecule has 1 aliphatic rings. The van der Waals surface area contributed by atoms with Crippen molar-refractivity contribution in [3.63, 3.8) is 0 Å². The summed E-state index contributed by atoms with van der Waals surface area (Å²) in [5.74, 6) is 0. The molecule has 2 nitrogen and oxygen atoms in total. The lowest BCUT2D eigenvalue weighted by atomic mass is 9.80. The van der Waals surface area contributed by atoms with Gasteiger partial charge in [0.05, 0.1) is 0 Å². The summed E-state index contributed by atoms with van der Waals surface area (Å²) in [5, 5.41) is 7.31. The summed E-state index contributed by atoms with van der Waals surface area (Å²) in [6.07, 6.45) is 0. The van der Waals surface area contributed by atoms with Crippen LogP contribution >= 0.6 is 0 Å². The molecule has 0 saturated heterocycles. The third-order valence-electron chi connectivity index (χ3n) is 13.1. The van der Waals surface area contributed by atoms with Gasteiger partial charge in [0.15, 0.2) is 0 Å². The van der Waals surface area contributed by atoms with Gasteiger partial charge in [0.25, 0.3) is 0 Å². The van der Waals surface area contributed by atoms with Crippen LogP contribution in [-0.4, -0.2) is 0 Å². The van der Waals surface area contributed by atoms with E-state index in [0.717, 1.165) is 39.0 Å². The maximum absolute atomic E-state index is 6.22. The van der Waals surface area contributed by atoms with Crippen LogP contribution in [0.1, 0.15) is 25.0 Å². The quantitative estimate of drug-likeness (QED) is 0.167. The Bertz CT molecular complexity index is 3480. The Labute approximate surface area is 355 Å². The van der Waals surface area contributed by atoms with E-state index in [0.29, 0.717) is 0 Å². The van der Waals surface area contributed by atoms with E-state index in [1.807, 2.05) is 6.07 Å². The van der Waals surface area contributed by atoms with E-state index >= 15 is 0 Å². The molecule has 11 aromatic rings. The summed E-state index contributed by atoms with van der Waals surface area (Å²) in [7, 11) is 0. The second-order valence-corrected chi connectivity index (χ2v) is 16.9. The zero-order valence-corrected chi connectivity index (χ0v) is 34.1. The van der Waals surface area contributed by atoms with E-state index in [4.69, 9.17) is 4.42 Å². The maximum Gasteiger partial charge on any atom is 0.135 e. The summed E-state index contributed by atoms with van der Waals surface area (Å²) >= 11 is 0. The molecule has 0 fully saturated rings. The summed E-state index contributed by atoms with van der Waals surface area (Å²) in [5.41, 5.74) is 17.7. The fourth-order valence-electron chi connectivity index (χ4n) is 9.89. The molecule has 1 heterocycles. The predicted molar refractivity (Wildman–Crippen MR) is 257 cm³/mol. The topological polar surface area (TPSA) is 16.4 Å². The average molecular weight is 780 g/mol. The zero-order valence-electron chi connectivity index (χ0n) is 34.1. The monoisotopic (exact) mass is 779 g/mol. The second kappa shape index (κ2) is 13.7. The van der Waals surface area contributed by atoms with Gasteiger partial charge in [-0.15, -0.1) is 0 Å². The van der Waals surface area contributed by atoms with Crippen molar-refractivity contribution < 1.29 is 4.42 Å². The van der Waals surface area contributed by atoms with E-state index in [9.17, 15) is 0 Å². The Morgan fingerprint density at radius 3 is 1.69 bits per heavy atom. The SMILES string of the molecule is CC1(C)c2cc(-c3ccc(N(c4ccc(-c5ccccc5)cc4)c4ccc5ccccc5c4)cc3)ccc2-c2c1cc(-c1ccc3oc4ccccc4c3c1)c1ccccc21. The molecule has 0 amide bonds. The molecule has 2 heteroatoms. The highest BCUT2D eigenvalue weighted by atomic mass is 16.3. The maximum atomic E-state index is 6.22. The third kappa shape index (κ3) is 5.71. The van der Waals surface area contributed by atoms with Gasteiger partial charge in [-0.2, -0.15) is 0 Å². The van der Waals surface area contributed by atoms with E-state index < -0.39 is 0 Å². The van der Waals surface area contributed by atoms with Crippen molar-refractivity contribution in [3.8, 4) is 44.5 Å². The van der Waals surface area contributed by atoms with Gasteiger partial charge in [-0.25, -0.2) is 0 Å². The molecule has 0 saturated carbocycles. The molecule has 0 unspecified atom stereocenters. The number of para-hydroxylation sites is 1. The Kier molecular flexibility index (Phi) is 7.92. The van der Waals surface area contributed by atoms with Crippen molar-refractivity contribution in [3.05, 3.63) is 223 Å². The van der Waals surface area contributed by atoms with Gasteiger partial charge in [0.2, 0.25) is 0 Å². The highest BCUT2D eigenvalue weighted by Crippen LogP contribution is 2.54. The first kappa shape index (κ1) is 35.3. The number of anilines is 3. The summed E-state index contributed by atoms with van der Waals surface area (Å²) in [4.78, 5) is 2.36. The average Bonchev–Trinajstić information content (AvgIpc) is 3.80. The second-order valence-electron chi connectivity index (χ2n) is 16.9. The molecule has 12 rings (SSSR count). The van der Waals surface area contributed by atoms with Crippen molar-refractivity contribution in [1.82, 2.24) is 0 Å². The van der Waals surface area contributed by atoms with Crippen molar-refractivity contribution in [2.45, 2.75) is 19.3 Å². The summed E-state index contributed by atoms with van der Waals surface area (Å²) in [6, 6.07) is 77.4. The van der Waals surface area contributed by atoms with Gasteiger partial charge in [-0.05, 0) is 144 Å². The molecule has 1 aromatic heterocycles. The number of fused-ring (bicyclic) bond motifs is 9. The highest BCUT2D eigenvalue weighted by Gasteiger charge is 2.37. The number of hydrogen-bond donors (Lipinski definition) is 0. The Hall–Kier alpha value is -7.68. The van der Waals surface area contributed by atoms with E-state index in [1.165, 1.54) is 77.2 Å². The minimum absolute atomic E-state index is 0.204. The molecular weight excluding hydrogens is 739 g/mol. The minimum atomic E-state index is -0.204. The van der Waals surface area contributed by atoms with Gasteiger partial charge in [0, 0.05) is 33.2 Å². The molecular formula is C59H41NO. The zero-order chi connectivity index (χ0) is 40.7. The molecule has 0 radical (unpaired) electrons. The first-order chi connectivity index (χ1) is 30.0. The normalized spacial score (nSPS) is 12.9. The van der Waals surface area contributed by atoms with Gasteiger partial charge < -0.3 is 9.32 Å². The van der Waals surface area contributed by atoms with Crippen LogP contribution < -0.4 is 4.90 Å². The Balaban J connectivity index is 0.927. The molecule has 0 atom stereocenters. The van der Waals surface area contributed by atoms with Crippen LogP contribution in [0.25, 0.3) is 88.0 Å². The lowest BCUT2D eigenvalue weighted by Gasteiger charge is -2.26. The predicted octanol–water partition coefficient (Wildman–Crippen LogP) is 16.7. The summed E-state index contributed by atoms with van der Waals surface area (Å²) < 4.78 is 6.22. The van der Waals surface area contributed by atoms with Crippen LogP contribution in [0, 0.1) is 0 Å². The lowest BCUT2D eigenvalue weighted by molar-refractivity contribution is 0.661. The lowest BCUT2D eigenvalue weighted by Crippen LogP contribution is -2.15. The summed E-state index contributed by atoms with van der Waals surface area (Å²) in [6.45, 7) is 4.78. The van der Waals surface area contributed by atoms with Gasteiger partial charge in [0.1, 0.15) is 11.2 Å². The minimum Gasteiger partial charge on any atom is -0.456 e. The van der Waals surface area contributed by atoms with Crippen molar-refractivity contribution in [2.75, 3.05) is 4.90 Å². The fraction of sp³-hybridized carbons (Fsp3) is 0.0508. The van der Waals surface area contributed by atoms with Crippen molar-refractivity contribution in [1.29, 1.82) is 0 Å². The fourth-order valence-corrected chi connectivity index (χ4v) is 9.89. The number of hydrogen-bond acceptors (Lipinski definition) is 2. The third-order valence-corrected chi connectivity index (χ3v) is 13.1.